The largest absolute Gasteiger partial charge is 0.508 e. The fourth-order valence-corrected chi connectivity index (χ4v) is 2.51. The second-order valence-electron chi connectivity index (χ2n) is 4.93. The quantitative estimate of drug-likeness (QED) is 0.647. The maximum absolute atomic E-state index is 12.0. The minimum atomic E-state index is -0.420. The molecule has 0 saturated carbocycles. The van der Waals surface area contributed by atoms with Crippen LogP contribution in [-0.4, -0.2) is 24.0 Å². The van der Waals surface area contributed by atoms with E-state index in [1.165, 1.54) is 0 Å². The Morgan fingerprint density at radius 2 is 1.64 bits per heavy atom. The molecule has 0 unspecified atom stereocenters. The number of imide groups is 1. The zero-order valence-corrected chi connectivity index (χ0v) is 11.9. The highest BCUT2D eigenvalue weighted by molar-refractivity contribution is 6.26. The summed E-state index contributed by atoms with van der Waals surface area (Å²) in [6, 6.07) is 10.4. The zero-order valence-electron chi connectivity index (χ0n) is 11.9. The van der Waals surface area contributed by atoms with E-state index in [1.54, 1.807) is 37.4 Å². The lowest BCUT2D eigenvalue weighted by molar-refractivity contribution is 0.0880. The lowest BCUT2D eigenvalue weighted by Gasteiger charge is -2.13. The smallest absolute Gasteiger partial charge is 0.261 e. The van der Waals surface area contributed by atoms with Gasteiger partial charge in [0, 0.05) is 30.5 Å². The van der Waals surface area contributed by atoms with Gasteiger partial charge < -0.3 is 15.7 Å². The molecule has 0 aromatic heterocycles. The van der Waals surface area contributed by atoms with Crippen molar-refractivity contribution in [3.8, 4) is 5.75 Å². The summed E-state index contributed by atoms with van der Waals surface area (Å²) < 4.78 is 0. The zero-order chi connectivity index (χ0) is 15.7. The molecule has 0 fully saturated rings. The van der Waals surface area contributed by atoms with Crippen LogP contribution in [-0.2, 0) is 6.54 Å². The third-order valence-corrected chi connectivity index (χ3v) is 3.62. The number of rotatable bonds is 4. The van der Waals surface area contributed by atoms with Crippen molar-refractivity contribution in [2.75, 3.05) is 17.7 Å². The minimum Gasteiger partial charge on any atom is -0.508 e. The normalized spacial score (nSPS) is 12.8. The summed E-state index contributed by atoms with van der Waals surface area (Å²) in [5.74, 6) is -0.647. The van der Waals surface area contributed by atoms with Gasteiger partial charge in [-0.2, -0.15) is 0 Å². The lowest BCUT2D eigenvalue weighted by Crippen LogP contribution is -2.20. The summed E-state index contributed by atoms with van der Waals surface area (Å²) in [7, 11) is 1.70. The monoisotopic (exact) mass is 297 g/mol. The van der Waals surface area contributed by atoms with E-state index in [2.05, 4.69) is 16.0 Å². The number of carbonyl (C=O) groups excluding carboxylic acids is 2. The molecule has 1 heterocycles. The molecule has 0 aliphatic carbocycles. The Bertz CT molecular complexity index is 771. The summed E-state index contributed by atoms with van der Waals surface area (Å²) in [5, 5.41) is 18.1. The molecule has 6 nitrogen and oxygen atoms in total. The summed E-state index contributed by atoms with van der Waals surface area (Å²) >= 11 is 0. The Kier molecular flexibility index (Phi) is 3.42. The molecule has 3 rings (SSSR count). The van der Waals surface area contributed by atoms with Gasteiger partial charge in [0.25, 0.3) is 11.8 Å². The van der Waals surface area contributed by atoms with Crippen LogP contribution in [0.3, 0.4) is 0 Å². The molecule has 1 aliphatic heterocycles. The van der Waals surface area contributed by atoms with Crippen molar-refractivity contribution in [3.05, 3.63) is 53.1 Å². The van der Waals surface area contributed by atoms with Crippen LogP contribution in [0.5, 0.6) is 5.75 Å². The molecule has 2 aromatic carbocycles. The van der Waals surface area contributed by atoms with Crippen LogP contribution in [0.4, 0.5) is 11.4 Å². The number of amides is 2. The van der Waals surface area contributed by atoms with E-state index in [0.29, 0.717) is 34.6 Å². The average Bonchev–Trinajstić information content (AvgIpc) is 2.82. The fourth-order valence-electron chi connectivity index (χ4n) is 2.51. The van der Waals surface area contributed by atoms with Gasteiger partial charge >= 0.3 is 0 Å². The van der Waals surface area contributed by atoms with Crippen LogP contribution >= 0.6 is 0 Å². The Morgan fingerprint density at radius 3 is 2.32 bits per heavy atom. The number of hydrogen-bond donors (Lipinski definition) is 4. The first-order valence-corrected chi connectivity index (χ1v) is 6.83. The Morgan fingerprint density at radius 1 is 1.00 bits per heavy atom. The predicted molar refractivity (Wildman–Crippen MR) is 83.2 cm³/mol. The van der Waals surface area contributed by atoms with Crippen LogP contribution in [0.25, 0.3) is 0 Å². The summed E-state index contributed by atoms with van der Waals surface area (Å²) in [5.41, 5.74) is 2.53. The second kappa shape index (κ2) is 5.40. The van der Waals surface area contributed by atoms with Crippen LogP contribution in [0, 0.1) is 0 Å². The SMILES string of the molecule is CNc1ccc(NCc2ccccc2O)c2c1C(=O)NC2=O. The van der Waals surface area contributed by atoms with Crippen molar-refractivity contribution in [1.29, 1.82) is 0 Å². The van der Waals surface area contributed by atoms with Crippen molar-refractivity contribution in [1.82, 2.24) is 5.32 Å². The summed E-state index contributed by atoms with van der Waals surface area (Å²) in [6.07, 6.45) is 0. The van der Waals surface area contributed by atoms with Crippen LogP contribution in [0.15, 0.2) is 36.4 Å². The van der Waals surface area contributed by atoms with Gasteiger partial charge in [-0.15, -0.1) is 0 Å². The van der Waals surface area contributed by atoms with Crippen molar-refractivity contribution >= 4 is 23.2 Å². The molecule has 112 valence electrons. The number of hydrogen-bond acceptors (Lipinski definition) is 5. The van der Waals surface area contributed by atoms with Gasteiger partial charge in [0.15, 0.2) is 0 Å². The van der Waals surface area contributed by atoms with Gasteiger partial charge in [0.05, 0.1) is 11.1 Å². The minimum absolute atomic E-state index is 0.180. The van der Waals surface area contributed by atoms with E-state index in [1.807, 2.05) is 6.07 Å². The van der Waals surface area contributed by atoms with E-state index >= 15 is 0 Å². The van der Waals surface area contributed by atoms with Gasteiger partial charge in [-0.05, 0) is 18.2 Å². The first-order valence-electron chi connectivity index (χ1n) is 6.83. The first kappa shape index (κ1) is 13.9. The van der Waals surface area contributed by atoms with Gasteiger partial charge in [-0.25, -0.2) is 0 Å². The van der Waals surface area contributed by atoms with Crippen LogP contribution in [0.1, 0.15) is 26.3 Å². The standard InChI is InChI=1S/C16H15N3O3/c1-17-10-6-7-11(14-13(10)15(21)19-16(14)22)18-8-9-4-2-3-5-12(9)20/h2-7,17-18,20H,8H2,1H3,(H,19,21,22). The van der Waals surface area contributed by atoms with E-state index < -0.39 is 11.8 Å². The second-order valence-corrected chi connectivity index (χ2v) is 4.93. The molecule has 22 heavy (non-hydrogen) atoms. The summed E-state index contributed by atoms with van der Waals surface area (Å²) in [4.78, 5) is 23.9. The van der Waals surface area contributed by atoms with Crippen LogP contribution < -0.4 is 16.0 Å². The van der Waals surface area contributed by atoms with Gasteiger partial charge in [-0.3, -0.25) is 14.9 Å². The number of anilines is 2. The van der Waals surface area contributed by atoms with E-state index in [-0.39, 0.29) is 5.75 Å². The molecular formula is C16H15N3O3. The molecule has 0 saturated heterocycles. The molecule has 2 amide bonds. The molecule has 6 heteroatoms. The third kappa shape index (κ3) is 2.24. The maximum atomic E-state index is 12.0. The molecule has 4 N–H and O–H groups in total. The number of aromatic hydroxyl groups is 1. The summed E-state index contributed by atoms with van der Waals surface area (Å²) in [6.45, 7) is 0.347. The molecule has 0 radical (unpaired) electrons. The molecular weight excluding hydrogens is 282 g/mol. The number of para-hydroxylation sites is 1. The Balaban J connectivity index is 1.94. The lowest BCUT2D eigenvalue weighted by atomic mass is 10.0. The topological polar surface area (TPSA) is 90.5 Å². The number of benzene rings is 2. The van der Waals surface area contributed by atoms with Crippen molar-refractivity contribution < 1.29 is 14.7 Å². The molecule has 0 atom stereocenters. The Hall–Kier alpha value is -3.02. The number of phenolic OH excluding ortho intramolecular Hbond substituents is 1. The van der Waals surface area contributed by atoms with Gasteiger partial charge in [0.2, 0.25) is 0 Å². The Labute approximate surface area is 127 Å². The highest BCUT2D eigenvalue weighted by Crippen LogP contribution is 2.31. The third-order valence-electron chi connectivity index (χ3n) is 3.62. The van der Waals surface area contributed by atoms with E-state index in [4.69, 9.17) is 0 Å². The van der Waals surface area contributed by atoms with Crippen LogP contribution in [0.2, 0.25) is 0 Å². The predicted octanol–water partition coefficient (Wildman–Crippen LogP) is 1.93. The molecule has 0 bridgehead atoms. The number of phenols is 1. The maximum Gasteiger partial charge on any atom is 0.261 e. The van der Waals surface area contributed by atoms with Crippen molar-refractivity contribution in [2.24, 2.45) is 0 Å². The molecule has 2 aromatic rings. The fraction of sp³-hybridized carbons (Fsp3) is 0.125. The van der Waals surface area contributed by atoms with Gasteiger partial charge in [-0.1, -0.05) is 18.2 Å². The number of nitrogens with one attached hydrogen (secondary N) is 3. The highest BCUT2D eigenvalue weighted by Gasteiger charge is 2.32. The molecule has 1 aliphatic rings. The van der Waals surface area contributed by atoms with E-state index in [0.717, 1.165) is 0 Å². The van der Waals surface area contributed by atoms with Gasteiger partial charge in [0.1, 0.15) is 5.75 Å². The van der Waals surface area contributed by atoms with Crippen molar-refractivity contribution in [2.45, 2.75) is 6.54 Å². The average molecular weight is 297 g/mol. The highest BCUT2D eigenvalue weighted by atomic mass is 16.3. The van der Waals surface area contributed by atoms with E-state index in [9.17, 15) is 14.7 Å². The molecule has 0 spiro atoms. The number of fused-ring (bicyclic) bond motifs is 1. The first-order chi connectivity index (χ1) is 10.6. The number of carbonyl (C=O) groups is 2. The van der Waals surface area contributed by atoms with Crippen molar-refractivity contribution in [3.63, 3.8) is 0 Å².